The van der Waals surface area contributed by atoms with Crippen molar-refractivity contribution in [3.63, 3.8) is 0 Å². The Morgan fingerprint density at radius 2 is 1.58 bits per heavy atom. The van der Waals surface area contributed by atoms with Crippen molar-refractivity contribution in [2.75, 3.05) is 33.3 Å². The lowest BCUT2D eigenvalue weighted by Crippen LogP contribution is -2.59. The number of ether oxygens (including phenoxy) is 1. The Hall–Kier alpha value is -5.75. The highest BCUT2D eigenvalue weighted by Gasteiger charge is 2.44. The van der Waals surface area contributed by atoms with Crippen molar-refractivity contribution in [3.05, 3.63) is 34.2 Å². The van der Waals surface area contributed by atoms with Crippen LogP contribution in [0.3, 0.4) is 0 Å². The molecule has 8 amide bonds. The van der Waals surface area contributed by atoms with Gasteiger partial charge in [-0.3, -0.25) is 48.0 Å². The van der Waals surface area contributed by atoms with Crippen LogP contribution in [0.25, 0.3) is 11.0 Å². The molecule has 2 aromatic rings. The first-order valence-corrected chi connectivity index (χ1v) is 23.6. The molecule has 4 saturated heterocycles. The number of imidazole rings is 1. The van der Waals surface area contributed by atoms with Gasteiger partial charge in [-0.05, 0) is 107 Å². The SMILES string of the molecule is COC(=O)N1CCC(=O)N2[C@H](CC[C@H]2C(=O)N[C@@H](CCC(N)=O)C(=O)N[C@H](C(=O)N2CCC(CCCc3ccc4c(c3)n(C)c(=O)n4C3CCC(=O)NC3=O)CC2)C2CCCCC2)CC1. The number of fused-ring (bicyclic) bond motifs is 2. The Morgan fingerprint density at radius 3 is 2.29 bits per heavy atom. The zero-order valence-corrected chi connectivity index (χ0v) is 37.7. The Morgan fingerprint density at radius 1 is 0.846 bits per heavy atom. The molecule has 1 aliphatic carbocycles. The fourth-order valence-corrected chi connectivity index (χ4v) is 10.8. The Labute approximate surface area is 378 Å². The average Bonchev–Trinajstić information content (AvgIpc) is 3.83. The van der Waals surface area contributed by atoms with E-state index in [1.165, 1.54) is 16.6 Å². The summed E-state index contributed by atoms with van der Waals surface area (Å²) < 4.78 is 7.89. The lowest BCUT2D eigenvalue weighted by molar-refractivity contribution is -0.143. The number of benzene rings is 1. The number of nitrogens with zero attached hydrogens (tertiary/aromatic N) is 5. The summed E-state index contributed by atoms with van der Waals surface area (Å²) in [5.74, 6) is -2.59. The van der Waals surface area contributed by atoms with Crippen LogP contribution < -0.4 is 27.4 Å². The van der Waals surface area contributed by atoms with Gasteiger partial charge < -0.3 is 35.8 Å². The quantitative estimate of drug-likeness (QED) is 0.201. The van der Waals surface area contributed by atoms with E-state index in [1.807, 2.05) is 23.1 Å². The van der Waals surface area contributed by atoms with E-state index in [2.05, 4.69) is 16.0 Å². The molecule has 19 nitrogen and oxygen atoms in total. The number of aromatic nitrogens is 2. The molecule has 1 aromatic heterocycles. The smallest absolute Gasteiger partial charge is 0.409 e. The van der Waals surface area contributed by atoms with Gasteiger partial charge in [0.1, 0.15) is 24.2 Å². The van der Waals surface area contributed by atoms with Crippen LogP contribution in [-0.2, 0) is 51.8 Å². The van der Waals surface area contributed by atoms with Crippen molar-refractivity contribution >= 4 is 58.5 Å². The van der Waals surface area contributed by atoms with Gasteiger partial charge in [-0.25, -0.2) is 9.59 Å². The molecule has 354 valence electrons. The number of methoxy groups -OCH3 is 1. The van der Waals surface area contributed by atoms with Crippen molar-refractivity contribution in [1.82, 2.24) is 39.8 Å². The van der Waals surface area contributed by atoms with Crippen LogP contribution in [0.5, 0.6) is 0 Å². The highest BCUT2D eigenvalue weighted by molar-refractivity contribution is 6.00. The summed E-state index contributed by atoms with van der Waals surface area (Å²) in [6.45, 7) is 1.65. The van der Waals surface area contributed by atoms with Crippen LogP contribution in [0.2, 0.25) is 0 Å². The van der Waals surface area contributed by atoms with Gasteiger partial charge in [0.15, 0.2) is 0 Å². The fourth-order valence-electron chi connectivity index (χ4n) is 10.8. The maximum Gasteiger partial charge on any atom is 0.409 e. The molecule has 5 aliphatic rings. The van der Waals surface area contributed by atoms with Gasteiger partial charge in [-0.1, -0.05) is 25.3 Å². The third-order valence-electron chi connectivity index (χ3n) is 14.5. The predicted octanol–water partition coefficient (Wildman–Crippen LogP) is 1.92. The molecule has 5 fully saturated rings. The maximum absolute atomic E-state index is 14.4. The minimum Gasteiger partial charge on any atom is -0.453 e. The van der Waals surface area contributed by atoms with Crippen molar-refractivity contribution < 1.29 is 43.1 Å². The Balaban J connectivity index is 0.947. The third kappa shape index (κ3) is 10.9. The first-order chi connectivity index (χ1) is 31.2. The Bertz CT molecular complexity index is 2210. The van der Waals surface area contributed by atoms with Crippen LogP contribution in [0.15, 0.2) is 23.0 Å². The molecule has 1 aromatic carbocycles. The number of rotatable bonds is 14. The highest BCUT2D eigenvalue weighted by Crippen LogP contribution is 2.32. The molecule has 4 aliphatic heterocycles. The summed E-state index contributed by atoms with van der Waals surface area (Å²) in [6.07, 6.45) is 9.92. The molecule has 5 atom stereocenters. The number of aryl methyl sites for hydroxylation is 2. The zero-order valence-electron chi connectivity index (χ0n) is 37.7. The topological polar surface area (TPSA) is 245 Å². The van der Waals surface area contributed by atoms with E-state index in [1.54, 1.807) is 16.5 Å². The predicted molar refractivity (Wildman–Crippen MR) is 237 cm³/mol. The molecular formula is C46H65N9O10. The fraction of sp³-hybridized carbons (Fsp3) is 0.674. The molecule has 0 radical (unpaired) electrons. The van der Waals surface area contributed by atoms with E-state index in [4.69, 9.17) is 10.5 Å². The number of hydrogen-bond donors (Lipinski definition) is 4. The second-order valence-electron chi connectivity index (χ2n) is 18.7. The molecule has 0 spiro atoms. The number of primary amides is 1. The normalized spacial score (nSPS) is 23.3. The van der Waals surface area contributed by atoms with Gasteiger partial charge >= 0.3 is 11.8 Å². The summed E-state index contributed by atoms with van der Waals surface area (Å²) in [6, 6.07) is 2.08. The minimum atomic E-state index is -1.16. The monoisotopic (exact) mass is 903 g/mol. The number of likely N-dealkylation sites (tertiary alicyclic amines) is 1. The number of piperidine rings is 2. The summed E-state index contributed by atoms with van der Waals surface area (Å²) in [7, 11) is 2.98. The van der Waals surface area contributed by atoms with E-state index in [9.17, 15) is 43.2 Å². The second kappa shape index (κ2) is 21.0. The molecule has 5 N–H and O–H groups in total. The molecule has 0 bridgehead atoms. The first-order valence-electron chi connectivity index (χ1n) is 23.6. The lowest BCUT2D eigenvalue weighted by atomic mass is 9.82. The van der Waals surface area contributed by atoms with E-state index in [-0.39, 0.29) is 74.0 Å². The average molecular weight is 904 g/mol. The van der Waals surface area contributed by atoms with Gasteiger partial charge in [-0.2, -0.15) is 0 Å². The second-order valence-corrected chi connectivity index (χ2v) is 18.7. The van der Waals surface area contributed by atoms with Crippen LogP contribution in [-0.4, -0.2) is 129 Å². The maximum atomic E-state index is 14.4. The molecule has 7 rings (SSSR count). The summed E-state index contributed by atoms with van der Waals surface area (Å²) >= 11 is 0. The van der Waals surface area contributed by atoms with Crippen LogP contribution in [0, 0.1) is 11.8 Å². The number of hydrogen-bond acceptors (Lipinski definition) is 10. The number of imide groups is 1. The number of amides is 8. The Kier molecular flexibility index (Phi) is 15.3. The molecule has 65 heavy (non-hydrogen) atoms. The van der Waals surface area contributed by atoms with E-state index in [0.717, 1.165) is 75.3 Å². The van der Waals surface area contributed by atoms with Gasteiger partial charge in [-0.15, -0.1) is 0 Å². The summed E-state index contributed by atoms with van der Waals surface area (Å²) in [5.41, 5.74) is 7.66. The molecule has 5 heterocycles. The number of carbonyl (C=O) groups excluding carboxylic acids is 8. The molecule has 1 unspecified atom stereocenters. The number of nitrogens with two attached hydrogens (primary N) is 1. The zero-order chi connectivity index (χ0) is 46.4. The number of carbonyl (C=O) groups is 8. The van der Waals surface area contributed by atoms with Crippen LogP contribution >= 0.6 is 0 Å². The van der Waals surface area contributed by atoms with Gasteiger partial charge in [0, 0.05) is 58.5 Å². The number of nitrogens with one attached hydrogen (secondary N) is 3. The molecule has 19 heteroatoms. The highest BCUT2D eigenvalue weighted by atomic mass is 16.5. The molecular weight excluding hydrogens is 839 g/mol. The third-order valence-corrected chi connectivity index (χ3v) is 14.5. The van der Waals surface area contributed by atoms with E-state index >= 15 is 0 Å². The van der Waals surface area contributed by atoms with Crippen LogP contribution in [0.1, 0.15) is 121 Å². The van der Waals surface area contributed by atoms with Crippen molar-refractivity contribution in [1.29, 1.82) is 0 Å². The molecule has 1 saturated carbocycles. The van der Waals surface area contributed by atoms with Gasteiger partial charge in [0.05, 0.1) is 18.1 Å². The van der Waals surface area contributed by atoms with Crippen molar-refractivity contribution in [2.24, 2.45) is 24.6 Å². The van der Waals surface area contributed by atoms with Gasteiger partial charge in [0.2, 0.25) is 41.4 Å². The summed E-state index contributed by atoms with van der Waals surface area (Å²) in [4.78, 5) is 123. The van der Waals surface area contributed by atoms with E-state index < -0.39 is 53.9 Å². The van der Waals surface area contributed by atoms with Crippen LogP contribution in [0.4, 0.5) is 4.79 Å². The standard InChI is InChI=1S/C46H65N9O10/c1-51-36-27-29(11-14-33(36)55(45(51)63)35-16-18-38(57)49-43(35)61)8-6-7-28-19-23-52(24-20-28)44(62)40(30-9-4-3-5-10-30)50-41(59)32(13-17-37(47)56)48-42(60)34-15-12-31-21-25-53(46(64)65-2)26-22-39(58)54(31)34/h11,14,27-28,30-32,34-35,40H,3-10,12-13,15-26H2,1-2H3,(H2,47,56)(H,48,60)(H,50,59)(H,49,57,61)/t31-,32+,34+,35?,40+/m1/s1. The van der Waals surface area contributed by atoms with E-state index in [0.29, 0.717) is 50.3 Å². The van der Waals surface area contributed by atoms with Crippen molar-refractivity contribution in [2.45, 2.75) is 146 Å². The van der Waals surface area contributed by atoms with Crippen molar-refractivity contribution in [3.8, 4) is 0 Å². The lowest BCUT2D eigenvalue weighted by Gasteiger charge is -2.38. The first kappa shape index (κ1) is 47.2. The largest absolute Gasteiger partial charge is 0.453 e. The summed E-state index contributed by atoms with van der Waals surface area (Å²) in [5, 5.41) is 8.21. The van der Waals surface area contributed by atoms with Gasteiger partial charge in [0.25, 0.3) is 0 Å². The minimum absolute atomic E-state index is 0.0245.